The van der Waals surface area contributed by atoms with Crippen LogP contribution in [-0.4, -0.2) is 30.6 Å². The summed E-state index contributed by atoms with van der Waals surface area (Å²) < 4.78 is 1.56. The summed E-state index contributed by atoms with van der Waals surface area (Å²) in [5, 5.41) is 26.1. The number of hydrogen-bond acceptors (Lipinski definition) is 6. The zero-order chi connectivity index (χ0) is 19.7. The highest BCUT2D eigenvalue weighted by Crippen LogP contribution is 2.25. The number of amides is 1. The molecule has 2 aromatic carbocycles. The van der Waals surface area contributed by atoms with Crippen LogP contribution in [0.5, 0.6) is 0 Å². The number of nitro groups is 1. The molecule has 0 unspecified atom stereocenters. The van der Waals surface area contributed by atoms with Crippen molar-refractivity contribution in [1.82, 2.24) is 19.8 Å². The summed E-state index contributed by atoms with van der Waals surface area (Å²) in [5.74, 6) is -0.619. The van der Waals surface area contributed by atoms with E-state index in [4.69, 9.17) is 11.6 Å². The minimum absolute atomic E-state index is 0.110. The van der Waals surface area contributed by atoms with Crippen LogP contribution in [0.4, 0.5) is 11.4 Å². The standard InChI is InChI=1S/C18H11ClN6O3/c19-12-3-7-16(25(27)28)14(9-12)18(26)21-13-4-1-11(2-5-13)15-6-8-17-22-20-10-24(17)23-15/h1-10H,(H,21,26). The molecule has 0 fully saturated rings. The SMILES string of the molecule is O=C(Nc1ccc(-c2ccc3nncn3n2)cc1)c1cc(Cl)ccc1[N+](=O)[O-]. The second kappa shape index (κ2) is 7.05. The van der Waals surface area contributed by atoms with E-state index < -0.39 is 10.8 Å². The highest BCUT2D eigenvalue weighted by molar-refractivity contribution is 6.31. The highest BCUT2D eigenvalue weighted by Gasteiger charge is 2.20. The number of anilines is 1. The molecule has 0 radical (unpaired) electrons. The average molecular weight is 395 g/mol. The number of fused-ring (bicyclic) bond motifs is 1. The highest BCUT2D eigenvalue weighted by atomic mass is 35.5. The van der Waals surface area contributed by atoms with Crippen molar-refractivity contribution in [3.63, 3.8) is 0 Å². The van der Waals surface area contributed by atoms with Crippen LogP contribution < -0.4 is 5.32 Å². The van der Waals surface area contributed by atoms with E-state index >= 15 is 0 Å². The molecule has 0 aliphatic heterocycles. The molecule has 138 valence electrons. The van der Waals surface area contributed by atoms with E-state index in [-0.39, 0.29) is 16.3 Å². The fourth-order valence-corrected chi connectivity index (χ4v) is 2.83. The van der Waals surface area contributed by atoms with Crippen LogP contribution in [-0.2, 0) is 0 Å². The molecular weight excluding hydrogens is 384 g/mol. The van der Waals surface area contributed by atoms with E-state index in [1.807, 2.05) is 6.07 Å². The van der Waals surface area contributed by atoms with E-state index in [2.05, 4.69) is 20.6 Å². The molecule has 4 rings (SSSR count). The van der Waals surface area contributed by atoms with Gasteiger partial charge in [-0.05, 0) is 36.4 Å². The van der Waals surface area contributed by atoms with E-state index in [0.717, 1.165) is 5.56 Å². The second-order valence-corrected chi connectivity index (χ2v) is 6.24. The van der Waals surface area contributed by atoms with Gasteiger partial charge < -0.3 is 5.32 Å². The number of halogens is 1. The first-order chi connectivity index (χ1) is 13.5. The summed E-state index contributed by atoms with van der Waals surface area (Å²) in [6, 6.07) is 14.4. The van der Waals surface area contributed by atoms with Gasteiger partial charge in [-0.2, -0.15) is 9.61 Å². The van der Waals surface area contributed by atoms with Crippen molar-refractivity contribution in [3.8, 4) is 11.3 Å². The molecule has 0 bridgehead atoms. The lowest BCUT2D eigenvalue weighted by Crippen LogP contribution is -2.14. The fourth-order valence-electron chi connectivity index (χ4n) is 2.65. The number of nitrogens with zero attached hydrogens (tertiary/aromatic N) is 5. The van der Waals surface area contributed by atoms with Crippen molar-refractivity contribution in [3.05, 3.63) is 81.6 Å². The van der Waals surface area contributed by atoms with E-state index in [9.17, 15) is 14.9 Å². The summed E-state index contributed by atoms with van der Waals surface area (Å²) >= 11 is 5.87. The number of carbonyl (C=O) groups excluding carboxylic acids is 1. The van der Waals surface area contributed by atoms with Crippen LogP contribution in [0, 0.1) is 10.1 Å². The van der Waals surface area contributed by atoms with Crippen LogP contribution in [0.3, 0.4) is 0 Å². The molecule has 28 heavy (non-hydrogen) atoms. The summed E-state index contributed by atoms with van der Waals surface area (Å²) in [6.45, 7) is 0. The predicted octanol–water partition coefficient (Wildman–Crippen LogP) is 3.61. The molecule has 0 saturated heterocycles. The normalized spacial score (nSPS) is 10.8. The Morgan fingerprint density at radius 2 is 1.89 bits per heavy atom. The van der Waals surface area contributed by atoms with Gasteiger partial charge in [-0.3, -0.25) is 14.9 Å². The van der Waals surface area contributed by atoms with Crippen LogP contribution in [0.2, 0.25) is 5.02 Å². The Morgan fingerprint density at radius 1 is 1.11 bits per heavy atom. The average Bonchev–Trinajstić information content (AvgIpc) is 3.16. The molecule has 1 amide bonds. The summed E-state index contributed by atoms with van der Waals surface area (Å²) in [6.07, 6.45) is 1.51. The molecule has 0 atom stereocenters. The smallest absolute Gasteiger partial charge is 0.282 e. The molecule has 4 aromatic rings. The zero-order valence-electron chi connectivity index (χ0n) is 14.1. The Balaban J connectivity index is 1.57. The van der Waals surface area contributed by atoms with Crippen LogP contribution in [0.1, 0.15) is 10.4 Å². The van der Waals surface area contributed by atoms with Gasteiger partial charge in [0.1, 0.15) is 11.9 Å². The molecule has 0 spiro atoms. The molecule has 2 aromatic heterocycles. The van der Waals surface area contributed by atoms with Gasteiger partial charge in [0.2, 0.25) is 0 Å². The Hall–Kier alpha value is -3.85. The van der Waals surface area contributed by atoms with E-state index in [1.165, 1.54) is 24.5 Å². The van der Waals surface area contributed by atoms with Gasteiger partial charge in [-0.1, -0.05) is 23.7 Å². The topological polar surface area (TPSA) is 115 Å². The molecule has 9 nitrogen and oxygen atoms in total. The molecule has 2 heterocycles. The summed E-state index contributed by atoms with van der Waals surface area (Å²) in [7, 11) is 0. The Morgan fingerprint density at radius 3 is 2.64 bits per heavy atom. The Labute approximate surface area is 162 Å². The molecule has 0 aliphatic carbocycles. The maximum Gasteiger partial charge on any atom is 0.282 e. The molecule has 0 saturated carbocycles. The zero-order valence-corrected chi connectivity index (χ0v) is 14.9. The van der Waals surface area contributed by atoms with Gasteiger partial charge in [0.25, 0.3) is 11.6 Å². The number of nitro benzene ring substituents is 1. The van der Waals surface area contributed by atoms with Gasteiger partial charge in [-0.15, -0.1) is 10.2 Å². The van der Waals surface area contributed by atoms with Gasteiger partial charge >= 0.3 is 0 Å². The number of rotatable bonds is 4. The quantitative estimate of drug-likeness (QED) is 0.417. The molecule has 10 heteroatoms. The van der Waals surface area contributed by atoms with Gasteiger partial charge in [0, 0.05) is 22.3 Å². The van der Waals surface area contributed by atoms with Gasteiger partial charge in [-0.25, -0.2) is 0 Å². The first kappa shape index (κ1) is 17.6. The number of benzene rings is 2. The lowest BCUT2D eigenvalue weighted by atomic mass is 10.1. The van der Waals surface area contributed by atoms with Crippen molar-refractivity contribution in [2.75, 3.05) is 5.32 Å². The lowest BCUT2D eigenvalue weighted by molar-refractivity contribution is -0.385. The minimum Gasteiger partial charge on any atom is -0.322 e. The largest absolute Gasteiger partial charge is 0.322 e. The van der Waals surface area contributed by atoms with Crippen molar-refractivity contribution < 1.29 is 9.72 Å². The monoisotopic (exact) mass is 394 g/mol. The minimum atomic E-state index is -0.624. The van der Waals surface area contributed by atoms with Crippen LogP contribution in [0.15, 0.2) is 60.9 Å². The van der Waals surface area contributed by atoms with Crippen molar-refractivity contribution in [1.29, 1.82) is 0 Å². The third-order valence-electron chi connectivity index (χ3n) is 4.00. The Bertz CT molecular complexity index is 1210. The second-order valence-electron chi connectivity index (χ2n) is 5.80. The van der Waals surface area contributed by atoms with Gasteiger partial charge in [0.05, 0.1) is 10.6 Å². The molecule has 1 N–H and O–H groups in total. The van der Waals surface area contributed by atoms with Gasteiger partial charge in [0.15, 0.2) is 5.65 Å². The van der Waals surface area contributed by atoms with Crippen molar-refractivity contribution in [2.45, 2.75) is 0 Å². The fraction of sp³-hybridized carbons (Fsp3) is 0. The van der Waals surface area contributed by atoms with E-state index in [0.29, 0.717) is 17.0 Å². The number of aromatic nitrogens is 4. The predicted molar refractivity (Wildman–Crippen MR) is 102 cm³/mol. The Kier molecular flexibility index (Phi) is 4.42. The summed E-state index contributed by atoms with van der Waals surface area (Å²) in [5.41, 5.74) is 2.22. The maximum atomic E-state index is 12.5. The third-order valence-corrected chi connectivity index (χ3v) is 4.24. The first-order valence-corrected chi connectivity index (χ1v) is 8.42. The molecule has 0 aliphatic rings. The number of carbonyl (C=O) groups is 1. The lowest BCUT2D eigenvalue weighted by Gasteiger charge is -2.07. The van der Waals surface area contributed by atoms with Crippen molar-refractivity contribution in [2.24, 2.45) is 0 Å². The summed E-state index contributed by atoms with van der Waals surface area (Å²) in [4.78, 5) is 23.0. The first-order valence-electron chi connectivity index (χ1n) is 8.04. The van der Waals surface area contributed by atoms with Crippen molar-refractivity contribution >= 4 is 34.5 Å². The third kappa shape index (κ3) is 3.38. The van der Waals surface area contributed by atoms with Crippen LogP contribution >= 0.6 is 11.6 Å². The number of nitrogens with one attached hydrogen (secondary N) is 1. The number of hydrogen-bond donors (Lipinski definition) is 1. The van der Waals surface area contributed by atoms with Crippen LogP contribution in [0.25, 0.3) is 16.9 Å². The molecular formula is C18H11ClN6O3. The maximum absolute atomic E-state index is 12.5. The van der Waals surface area contributed by atoms with E-state index in [1.54, 1.807) is 34.8 Å².